The van der Waals surface area contributed by atoms with Gasteiger partial charge in [0.05, 0.1) is 12.4 Å². The van der Waals surface area contributed by atoms with Crippen LogP contribution in [0.3, 0.4) is 0 Å². The number of aromatic nitrogens is 2. The molecule has 0 saturated carbocycles. The zero-order valence-corrected chi connectivity index (χ0v) is 9.64. The standard InChI is InChI=1S/C13H10FN3O/c1-15-12-7-16-6-10(17-12)11-5-8-3-2-4-9(14)13(8)18-11/h2-7H,1H3,(H,15,17). The fraction of sp³-hybridized carbons (Fsp3) is 0.0769. The van der Waals surface area contributed by atoms with E-state index in [1.54, 1.807) is 37.6 Å². The summed E-state index contributed by atoms with van der Waals surface area (Å²) >= 11 is 0. The second kappa shape index (κ2) is 4.10. The fourth-order valence-corrected chi connectivity index (χ4v) is 1.76. The summed E-state index contributed by atoms with van der Waals surface area (Å²) in [6.45, 7) is 0. The number of halogens is 1. The van der Waals surface area contributed by atoms with Crippen molar-refractivity contribution in [2.45, 2.75) is 0 Å². The lowest BCUT2D eigenvalue weighted by molar-refractivity contribution is 0.567. The van der Waals surface area contributed by atoms with Crippen molar-refractivity contribution in [1.29, 1.82) is 0 Å². The number of para-hydroxylation sites is 1. The van der Waals surface area contributed by atoms with Crippen LogP contribution < -0.4 is 5.32 Å². The number of furan rings is 1. The van der Waals surface area contributed by atoms with Gasteiger partial charge in [0.1, 0.15) is 11.5 Å². The van der Waals surface area contributed by atoms with Crippen LogP contribution >= 0.6 is 0 Å². The summed E-state index contributed by atoms with van der Waals surface area (Å²) in [5.74, 6) is 0.754. The van der Waals surface area contributed by atoms with Crippen LogP contribution in [0.5, 0.6) is 0 Å². The van der Waals surface area contributed by atoms with E-state index in [9.17, 15) is 4.39 Å². The SMILES string of the molecule is CNc1cncc(-c2cc3cccc(F)c3o2)n1. The van der Waals surface area contributed by atoms with Crippen LogP contribution in [-0.4, -0.2) is 17.0 Å². The average molecular weight is 243 g/mol. The Labute approximate surface area is 102 Å². The average Bonchev–Trinajstić information content (AvgIpc) is 2.84. The molecule has 0 amide bonds. The molecule has 3 aromatic rings. The summed E-state index contributed by atoms with van der Waals surface area (Å²) in [7, 11) is 1.76. The number of anilines is 1. The number of benzene rings is 1. The summed E-state index contributed by atoms with van der Waals surface area (Å²) in [5, 5.41) is 3.60. The van der Waals surface area contributed by atoms with Crippen LogP contribution in [-0.2, 0) is 0 Å². The number of nitrogens with zero attached hydrogens (tertiary/aromatic N) is 2. The van der Waals surface area contributed by atoms with Gasteiger partial charge in [0.15, 0.2) is 17.2 Å². The lowest BCUT2D eigenvalue weighted by Gasteiger charge is -1.99. The molecule has 5 heteroatoms. The van der Waals surface area contributed by atoms with Gasteiger partial charge >= 0.3 is 0 Å². The number of fused-ring (bicyclic) bond motifs is 1. The van der Waals surface area contributed by atoms with E-state index in [0.29, 0.717) is 22.7 Å². The maximum absolute atomic E-state index is 13.5. The van der Waals surface area contributed by atoms with Gasteiger partial charge in [-0.3, -0.25) is 4.98 Å². The molecule has 4 nitrogen and oxygen atoms in total. The van der Waals surface area contributed by atoms with Gasteiger partial charge in [0.25, 0.3) is 0 Å². The van der Waals surface area contributed by atoms with E-state index in [1.807, 2.05) is 0 Å². The molecule has 0 fully saturated rings. The first kappa shape index (κ1) is 10.7. The van der Waals surface area contributed by atoms with Crippen LogP contribution in [0.4, 0.5) is 10.2 Å². The van der Waals surface area contributed by atoms with Crippen molar-refractivity contribution in [2.75, 3.05) is 12.4 Å². The molecule has 0 aliphatic heterocycles. The van der Waals surface area contributed by atoms with Gasteiger partial charge in [0, 0.05) is 12.4 Å². The Morgan fingerprint density at radius 2 is 2.17 bits per heavy atom. The molecule has 0 aliphatic carbocycles. The Morgan fingerprint density at radius 3 is 2.94 bits per heavy atom. The Bertz CT molecular complexity index is 708. The van der Waals surface area contributed by atoms with Crippen LogP contribution in [0.1, 0.15) is 0 Å². The summed E-state index contributed by atoms with van der Waals surface area (Å²) < 4.78 is 19.0. The third kappa shape index (κ3) is 1.69. The second-order valence-electron chi connectivity index (χ2n) is 3.81. The number of nitrogens with one attached hydrogen (secondary N) is 1. The molecular weight excluding hydrogens is 233 g/mol. The number of rotatable bonds is 2. The zero-order valence-electron chi connectivity index (χ0n) is 9.64. The molecule has 0 saturated heterocycles. The molecule has 2 aromatic heterocycles. The van der Waals surface area contributed by atoms with Gasteiger partial charge in [-0.1, -0.05) is 12.1 Å². The molecule has 18 heavy (non-hydrogen) atoms. The summed E-state index contributed by atoms with van der Waals surface area (Å²) in [4.78, 5) is 8.34. The zero-order chi connectivity index (χ0) is 12.5. The van der Waals surface area contributed by atoms with Crippen molar-refractivity contribution < 1.29 is 8.81 Å². The monoisotopic (exact) mass is 243 g/mol. The molecule has 0 radical (unpaired) electrons. The largest absolute Gasteiger partial charge is 0.451 e. The van der Waals surface area contributed by atoms with E-state index in [-0.39, 0.29) is 11.4 Å². The Hall–Kier alpha value is -2.43. The van der Waals surface area contributed by atoms with E-state index in [0.717, 1.165) is 0 Å². The predicted octanol–water partition coefficient (Wildman–Crippen LogP) is 3.07. The van der Waals surface area contributed by atoms with Gasteiger partial charge in [0.2, 0.25) is 0 Å². The lowest BCUT2D eigenvalue weighted by Crippen LogP contribution is -1.94. The molecule has 0 aliphatic rings. The molecule has 2 heterocycles. The molecule has 1 N–H and O–H groups in total. The Morgan fingerprint density at radius 1 is 1.28 bits per heavy atom. The third-order valence-corrected chi connectivity index (χ3v) is 2.64. The highest BCUT2D eigenvalue weighted by atomic mass is 19.1. The normalized spacial score (nSPS) is 10.8. The lowest BCUT2D eigenvalue weighted by atomic mass is 10.2. The molecule has 0 atom stereocenters. The molecule has 0 bridgehead atoms. The molecule has 1 aromatic carbocycles. The maximum atomic E-state index is 13.5. The quantitative estimate of drug-likeness (QED) is 0.751. The third-order valence-electron chi connectivity index (χ3n) is 2.64. The van der Waals surface area contributed by atoms with E-state index < -0.39 is 0 Å². The van der Waals surface area contributed by atoms with Gasteiger partial charge < -0.3 is 9.73 Å². The van der Waals surface area contributed by atoms with Crippen molar-refractivity contribution >= 4 is 16.8 Å². The Kier molecular flexibility index (Phi) is 2.44. The van der Waals surface area contributed by atoms with Crippen molar-refractivity contribution in [3.05, 3.63) is 42.5 Å². The van der Waals surface area contributed by atoms with Crippen LogP contribution in [0, 0.1) is 5.82 Å². The molecular formula is C13H10FN3O. The van der Waals surface area contributed by atoms with E-state index in [4.69, 9.17) is 4.42 Å². The first-order chi connectivity index (χ1) is 8.78. The van der Waals surface area contributed by atoms with E-state index in [2.05, 4.69) is 15.3 Å². The first-order valence-electron chi connectivity index (χ1n) is 5.46. The fourth-order valence-electron chi connectivity index (χ4n) is 1.76. The highest BCUT2D eigenvalue weighted by Gasteiger charge is 2.11. The van der Waals surface area contributed by atoms with E-state index in [1.165, 1.54) is 6.07 Å². The van der Waals surface area contributed by atoms with Crippen LogP contribution in [0.2, 0.25) is 0 Å². The van der Waals surface area contributed by atoms with Gasteiger partial charge in [-0.2, -0.15) is 0 Å². The minimum absolute atomic E-state index is 0.240. The van der Waals surface area contributed by atoms with Crippen molar-refractivity contribution in [2.24, 2.45) is 0 Å². The van der Waals surface area contributed by atoms with Crippen LogP contribution in [0.25, 0.3) is 22.4 Å². The number of hydrogen-bond donors (Lipinski definition) is 1. The maximum Gasteiger partial charge on any atom is 0.170 e. The summed E-state index contributed by atoms with van der Waals surface area (Å²) in [6.07, 6.45) is 3.18. The van der Waals surface area contributed by atoms with Crippen LogP contribution in [0.15, 0.2) is 41.1 Å². The molecule has 0 spiro atoms. The topological polar surface area (TPSA) is 51.0 Å². The van der Waals surface area contributed by atoms with E-state index >= 15 is 0 Å². The number of hydrogen-bond acceptors (Lipinski definition) is 4. The second-order valence-corrected chi connectivity index (χ2v) is 3.81. The smallest absolute Gasteiger partial charge is 0.170 e. The minimum atomic E-state index is -0.378. The van der Waals surface area contributed by atoms with Gasteiger partial charge in [-0.25, -0.2) is 9.37 Å². The molecule has 3 rings (SSSR count). The first-order valence-corrected chi connectivity index (χ1v) is 5.46. The predicted molar refractivity (Wildman–Crippen MR) is 66.7 cm³/mol. The van der Waals surface area contributed by atoms with Crippen molar-refractivity contribution in [3.63, 3.8) is 0 Å². The molecule has 90 valence electrons. The highest BCUT2D eigenvalue weighted by Crippen LogP contribution is 2.28. The van der Waals surface area contributed by atoms with Gasteiger partial charge in [-0.15, -0.1) is 0 Å². The van der Waals surface area contributed by atoms with Crippen molar-refractivity contribution in [1.82, 2.24) is 9.97 Å². The Balaban J connectivity index is 2.16. The minimum Gasteiger partial charge on any atom is -0.451 e. The summed E-state index contributed by atoms with van der Waals surface area (Å²) in [5.41, 5.74) is 0.807. The highest BCUT2D eigenvalue weighted by molar-refractivity contribution is 5.82. The summed E-state index contributed by atoms with van der Waals surface area (Å²) in [6, 6.07) is 6.56. The molecule has 0 unspecified atom stereocenters. The van der Waals surface area contributed by atoms with Crippen molar-refractivity contribution in [3.8, 4) is 11.5 Å². The van der Waals surface area contributed by atoms with Gasteiger partial charge in [-0.05, 0) is 12.1 Å².